The smallest absolute Gasteiger partial charge is 0.335 e. The number of carboxylic acid groups (broad SMARTS) is 1. The first-order chi connectivity index (χ1) is 35.6. The summed E-state index contributed by atoms with van der Waals surface area (Å²) in [5.74, 6) is -3.16. The number of ether oxygens (including phenoxy) is 5. The molecule has 0 bridgehead atoms. The van der Waals surface area contributed by atoms with Crippen molar-refractivity contribution in [2.45, 2.75) is 276 Å². The number of carboxylic acids is 1. The summed E-state index contributed by atoms with van der Waals surface area (Å²) in [6, 6.07) is 0. The van der Waals surface area contributed by atoms with Crippen molar-refractivity contribution in [2.75, 3.05) is 13.2 Å². The lowest BCUT2D eigenvalue weighted by Gasteiger charge is -2.40. The van der Waals surface area contributed by atoms with Gasteiger partial charge in [0.05, 0.1) is 6.61 Å². The van der Waals surface area contributed by atoms with E-state index in [1.807, 2.05) is 0 Å². The number of hydrogen-bond acceptors (Lipinski definition) is 11. The van der Waals surface area contributed by atoms with E-state index in [1.165, 1.54) is 57.8 Å². The molecule has 0 aliphatic carbocycles. The maximum Gasteiger partial charge on any atom is 0.335 e. The molecule has 6 unspecified atom stereocenters. The summed E-state index contributed by atoms with van der Waals surface area (Å²) < 4.78 is 28.3. The topological polar surface area (TPSA) is 175 Å². The van der Waals surface area contributed by atoms with Gasteiger partial charge in [0, 0.05) is 19.3 Å². The van der Waals surface area contributed by atoms with Gasteiger partial charge in [-0.2, -0.15) is 0 Å². The molecule has 0 aromatic rings. The second kappa shape index (κ2) is 49.1. The van der Waals surface area contributed by atoms with Gasteiger partial charge in [0.15, 0.2) is 24.6 Å². The number of carbonyl (C=O) groups is 4. The number of allylic oxidation sites excluding steroid dienone is 12. The Bertz CT molecular complexity index is 1550. The minimum atomic E-state index is -1.91. The summed E-state index contributed by atoms with van der Waals surface area (Å²) in [4.78, 5) is 51.0. The third-order valence-electron chi connectivity index (χ3n) is 12.8. The zero-order chi connectivity index (χ0) is 53.3. The van der Waals surface area contributed by atoms with Gasteiger partial charge in [0.2, 0.25) is 0 Å². The number of carbonyl (C=O) groups excluding carboxylic acids is 3. The molecule has 1 aliphatic rings. The Balaban J connectivity index is 2.66. The number of aliphatic hydroxyl groups excluding tert-OH is 2. The standard InChI is InChI=1S/C61H102O12/c1-4-7-10-13-16-19-21-23-25-26-27-28-30-32-34-37-40-43-46-49-55(64)72-59-57(66)56(65)58(60(67)68)73-61(59)70-51-52(71-54(63)48-45-42-39-35-18-15-12-9-6-3)50-69-53(62)47-44-41-38-36-33-31-29-24-22-20-17-14-11-8-5-2/h8,11,16-17,19-20,23-25,27-29,52,56-59,61,65-66H,4-7,9-10,12-15,18,21-22,26,30-51H2,1-3H3,(H,67,68)/b11-8-,19-16-,20-17-,25-23-,28-27-,29-24-. The van der Waals surface area contributed by atoms with Crippen LogP contribution in [0.1, 0.15) is 239 Å². The van der Waals surface area contributed by atoms with Gasteiger partial charge in [0.1, 0.15) is 18.8 Å². The second-order valence-electron chi connectivity index (χ2n) is 19.5. The molecule has 12 nitrogen and oxygen atoms in total. The number of aliphatic hydroxyl groups is 2. The predicted molar refractivity (Wildman–Crippen MR) is 294 cm³/mol. The first kappa shape index (κ1) is 67.2. The van der Waals surface area contributed by atoms with Crippen molar-refractivity contribution >= 4 is 23.9 Å². The first-order valence-electron chi connectivity index (χ1n) is 28.9. The van der Waals surface area contributed by atoms with Gasteiger partial charge in [-0.15, -0.1) is 0 Å². The van der Waals surface area contributed by atoms with Crippen molar-refractivity contribution in [1.29, 1.82) is 0 Å². The average Bonchev–Trinajstić information content (AvgIpc) is 3.37. The summed E-state index contributed by atoms with van der Waals surface area (Å²) in [5.41, 5.74) is 0. The molecule has 0 saturated carbocycles. The van der Waals surface area contributed by atoms with Gasteiger partial charge < -0.3 is 39.0 Å². The van der Waals surface area contributed by atoms with Crippen LogP contribution in [-0.4, -0.2) is 89.2 Å². The summed E-state index contributed by atoms with van der Waals surface area (Å²) >= 11 is 0. The van der Waals surface area contributed by atoms with E-state index in [9.17, 15) is 34.5 Å². The highest BCUT2D eigenvalue weighted by Crippen LogP contribution is 2.26. The van der Waals surface area contributed by atoms with Crippen LogP contribution in [0.2, 0.25) is 0 Å². The van der Waals surface area contributed by atoms with Crippen LogP contribution in [0.25, 0.3) is 0 Å². The van der Waals surface area contributed by atoms with E-state index in [-0.39, 0.29) is 25.9 Å². The van der Waals surface area contributed by atoms with Crippen molar-refractivity contribution < 1.29 is 58.2 Å². The third kappa shape index (κ3) is 39.3. The zero-order valence-corrected chi connectivity index (χ0v) is 45.9. The molecule has 6 atom stereocenters. The normalized spacial score (nSPS) is 18.8. The Morgan fingerprint density at radius 2 is 0.863 bits per heavy atom. The van der Waals surface area contributed by atoms with Crippen LogP contribution in [0, 0.1) is 0 Å². The van der Waals surface area contributed by atoms with E-state index in [4.69, 9.17) is 23.7 Å². The van der Waals surface area contributed by atoms with Crippen molar-refractivity contribution in [2.24, 2.45) is 0 Å². The van der Waals surface area contributed by atoms with Gasteiger partial charge in [-0.25, -0.2) is 4.79 Å². The minimum Gasteiger partial charge on any atom is -0.479 e. The van der Waals surface area contributed by atoms with E-state index < -0.39 is 67.3 Å². The highest BCUT2D eigenvalue weighted by Gasteiger charge is 2.50. The van der Waals surface area contributed by atoms with Crippen molar-refractivity contribution in [1.82, 2.24) is 0 Å². The fourth-order valence-electron chi connectivity index (χ4n) is 8.33. The molecule has 12 heteroatoms. The quantitative estimate of drug-likeness (QED) is 0.0228. The Morgan fingerprint density at radius 1 is 0.466 bits per heavy atom. The maximum absolute atomic E-state index is 13.1. The van der Waals surface area contributed by atoms with Gasteiger partial charge >= 0.3 is 23.9 Å². The van der Waals surface area contributed by atoms with Crippen molar-refractivity contribution in [3.8, 4) is 0 Å². The van der Waals surface area contributed by atoms with E-state index in [1.54, 1.807) is 0 Å². The Labute approximate surface area is 442 Å². The molecular weight excluding hydrogens is 925 g/mol. The van der Waals surface area contributed by atoms with E-state index in [0.29, 0.717) is 19.3 Å². The molecule has 0 aromatic heterocycles. The van der Waals surface area contributed by atoms with Crippen molar-refractivity contribution in [3.63, 3.8) is 0 Å². The summed E-state index contributed by atoms with van der Waals surface area (Å²) in [7, 11) is 0. The molecular formula is C61H102O12. The lowest BCUT2D eigenvalue weighted by atomic mass is 9.98. The van der Waals surface area contributed by atoms with E-state index in [0.717, 1.165) is 122 Å². The summed E-state index contributed by atoms with van der Waals surface area (Å²) in [5, 5.41) is 31.4. The van der Waals surface area contributed by atoms with Crippen LogP contribution in [0.3, 0.4) is 0 Å². The number of esters is 3. The Kier molecular flexibility index (Phi) is 45.1. The van der Waals surface area contributed by atoms with Crippen LogP contribution < -0.4 is 0 Å². The summed E-state index contributed by atoms with van der Waals surface area (Å²) in [6.07, 6.45) is 48.8. The Hall–Kier alpha value is -3.84. The molecule has 0 amide bonds. The minimum absolute atomic E-state index is 0.0432. The SMILES string of the molecule is CC/C=C\C/C=C\C/C=C\CCCCCCCC(=O)OCC(COC1OC(C(=O)O)C(O)C(O)C1OC(=O)CCCCCCCC/C=C\C/C=C\C/C=C\CCCCC)OC(=O)CCCCCCCCCCC. The highest BCUT2D eigenvalue weighted by atomic mass is 16.7. The number of aliphatic carboxylic acids is 1. The molecule has 1 fully saturated rings. The molecule has 1 aliphatic heterocycles. The lowest BCUT2D eigenvalue weighted by Crippen LogP contribution is -2.61. The van der Waals surface area contributed by atoms with E-state index >= 15 is 0 Å². The van der Waals surface area contributed by atoms with Crippen LogP contribution >= 0.6 is 0 Å². The van der Waals surface area contributed by atoms with Gasteiger partial charge in [0.25, 0.3) is 0 Å². The molecule has 418 valence electrons. The fourth-order valence-corrected chi connectivity index (χ4v) is 8.33. The van der Waals surface area contributed by atoms with Crippen LogP contribution in [0.4, 0.5) is 0 Å². The van der Waals surface area contributed by atoms with Crippen molar-refractivity contribution in [3.05, 3.63) is 72.9 Å². The second-order valence-corrected chi connectivity index (χ2v) is 19.5. The lowest BCUT2D eigenvalue weighted by molar-refractivity contribution is -0.301. The van der Waals surface area contributed by atoms with Gasteiger partial charge in [-0.1, -0.05) is 203 Å². The number of rotatable bonds is 48. The van der Waals surface area contributed by atoms with Gasteiger partial charge in [-0.05, 0) is 89.9 Å². The van der Waals surface area contributed by atoms with Crippen LogP contribution in [0.5, 0.6) is 0 Å². The predicted octanol–water partition coefficient (Wildman–Crippen LogP) is 14.6. The fraction of sp³-hybridized carbons (Fsp3) is 0.738. The molecule has 0 radical (unpaired) electrons. The number of hydrogen-bond donors (Lipinski definition) is 3. The monoisotopic (exact) mass is 1030 g/mol. The number of unbranched alkanes of at least 4 members (excludes halogenated alkanes) is 22. The van der Waals surface area contributed by atoms with Crippen LogP contribution in [0.15, 0.2) is 72.9 Å². The highest BCUT2D eigenvalue weighted by molar-refractivity contribution is 5.74. The molecule has 0 spiro atoms. The average molecular weight is 1030 g/mol. The molecule has 73 heavy (non-hydrogen) atoms. The zero-order valence-electron chi connectivity index (χ0n) is 45.9. The molecule has 0 aromatic carbocycles. The largest absolute Gasteiger partial charge is 0.479 e. The molecule has 1 rings (SSSR count). The third-order valence-corrected chi connectivity index (χ3v) is 12.8. The van der Waals surface area contributed by atoms with E-state index in [2.05, 4.69) is 93.7 Å². The molecule has 3 N–H and O–H groups in total. The van der Waals surface area contributed by atoms with Gasteiger partial charge in [-0.3, -0.25) is 14.4 Å². The van der Waals surface area contributed by atoms with Crippen LogP contribution in [-0.2, 0) is 42.9 Å². The molecule has 1 heterocycles. The summed E-state index contributed by atoms with van der Waals surface area (Å²) in [6.45, 7) is 5.80. The Morgan fingerprint density at radius 3 is 1.34 bits per heavy atom. The maximum atomic E-state index is 13.1. The first-order valence-corrected chi connectivity index (χ1v) is 28.9. The molecule has 1 saturated heterocycles.